The second-order valence-electron chi connectivity index (χ2n) is 5.90. The Morgan fingerprint density at radius 3 is 2.65 bits per heavy atom. The second-order valence-corrected chi connectivity index (χ2v) is 5.90. The highest BCUT2D eigenvalue weighted by atomic mass is 15.2. The van der Waals surface area contributed by atoms with Gasteiger partial charge in [-0.25, -0.2) is 0 Å². The van der Waals surface area contributed by atoms with Crippen LogP contribution in [-0.2, 0) is 0 Å². The van der Waals surface area contributed by atoms with E-state index in [0.717, 1.165) is 12.0 Å². The Labute approximate surface area is 107 Å². The lowest BCUT2D eigenvalue weighted by Gasteiger charge is -2.27. The quantitative estimate of drug-likeness (QED) is 0.756. The molecular weight excluding hydrogens is 210 g/mol. The predicted octanol–water partition coefficient (Wildman–Crippen LogP) is 1.40. The zero-order valence-corrected chi connectivity index (χ0v) is 11.6. The van der Waals surface area contributed by atoms with Crippen molar-refractivity contribution in [1.29, 1.82) is 0 Å². The van der Waals surface area contributed by atoms with Gasteiger partial charge in [0.1, 0.15) is 0 Å². The van der Waals surface area contributed by atoms with E-state index in [9.17, 15) is 0 Å². The molecule has 0 aromatic carbocycles. The van der Waals surface area contributed by atoms with Gasteiger partial charge in [0.25, 0.3) is 0 Å². The molecule has 2 aliphatic rings. The van der Waals surface area contributed by atoms with Crippen LogP contribution in [0, 0.1) is 5.92 Å². The van der Waals surface area contributed by atoms with Crippen molar-refractivity contribution in [2.75, 3.05) is 46.8 Å². The molecule has 0 amide bonds. The summed E-state index contributed by atoms with van der Waals surface area (Å²) in [5.74, 6) is 0.878. The summed E-state index contributed by atoms with van der Waals surface area (Å²) in [6.45, 7) is 6.45. The maximum Gasteiger partial charge on any atom is 0.0109 e. The molecule has 3 heteroatoms. The molecule has 0 spiro atoms. The van der Waals surface area contributed by atoms with Crippen molar-refractivity contribution in [2.45, 2.75) is 38.1 Å². The van der Waals surface area contributed by atoms with Crippen molar-refractivity contribution in [2.24, 2.45) is 5.92 Å². The largest absolute Gasteiger partial charge is 0.317 e. The molecule has 1 saturated heterocycles. The number of nitrogens with zero attached hydrogens (tertiary/aromatic N) is 2. The van der Waals surface area contributed by atoms with Crippen LogP contribution in [0.4, 0.5) is 0 Å². The third-order valence-electron chi connectivity index (χ3n) is 4.57. The standard InChI is InChI=1S/C14H29N3/c1-15-14-7-5-6-13(14)12-16(2)10-11-17-8-3-4-9-17/h13-15H,3-12H2,1-2H3. The Morgan fingerprint density at radius 2 is 1.94 bits per heavy atom. The van der Waals surface area contributed by atoms with Crippen molar-refractivity contribution in [3.8, 4) is 0 Å². The van der Waals surface area contributed by atoms with E-state index in [4.69, 9.17) is 0 Å². The highest BCUT2D eigenvalue weighted by Gasteiger charge is 2.26. The van der Waals surface area contributed by atoms with Gasteiger partial charge in [0.15, 0.2) is 0 Å². The molecule has 2 rings (SSSR count). The van der Waals surface area contributed by atoms with Crippen molar-refractivity contribution >= 4 is 0 Å². The van der Waals surface area contributed by atoms with Gasteiger partial charge in [-0.05, 0) is 58.8 Å². The molecule has 2 fully saturated rings. The van der Waals surface area contributed by atoms with Gasteiger partial charge >= 0.3 is 0 Å². The predicted molar refractivity (Wildman–Crippen MR) is 73.4 cm³/mol. The summed E-state index contributed by atoms with van der Waals surface area (Å²) in [6.07, 6.45) is 7.03. The molecule has 100 valence electrons. The Bertz CT molecular complexity index is 214. The minimum Gasteiger partial charge on any atom is -0.317 e. The smallest absolute Gasteiger partial charge is 0.0109 e. The summed E-state index contributed by atoms with van der Waals surface area (Å²) in [7, 11) is 4.41. The number of nitrogens with one attached hydrogen (secondary N) is 1. The Balaban J connectivity index is 1.64. The fourth-order valence-corrected chi connectivity index (χ4v) is 3.45. The number of likely N-dealkylation sites (N-methyl/N-ethyl adjacent to an activating group) is 1. The summed E-state index contributed by atoms with van der Waals surface area (Å²) < 4.78 is 0. The van der Waals surface area contributed by atoms with Gasteiger partial charge in [0.05, 0.1) is 0 Å². The third-order valence-corrected chi connectivity index (χ3v) is 4.57. The van der Waals surface area contributed by atoms with E-state index >= 15 is 0 Å². The average Bonchev–Trinajstić information content (AvgIpc) is 2.97. The minimum atomic E-state index is 0.768. The molecule has 3 nitrogen and oxygen atoms in total. The fraction of sp³-hybridized carbons (Fsp3) is 1.00. The van der Waals surface area contributed by atoms with Crippen molar-refractivity contribution in [1.82, 2.24) is 15.1 Å². The van der Waals surface area contributed by atoms with E-state index in [-0.39, 0.29) is 0 Å². The summed E-state index contributed by atoms with van der Waals surface area (Å²) >= 11 is 0. The summed E-state index contributed by atoms with van der Waals surface area (Å²) in [6, 6.07) is 0.768. The van der Waals surface area contributed by atoms with Gasteiger partial charge in [-0.15, -0.1) is 0 Å². The van der Waals surface area contributed by atoms with Gasteiger partial charge in [-0.1, -0.05) is 6.42 Å². The van der Waals surface area contributed by atoms with Gasteiger partial charge in [0, 0.05) is 25.7 Å². The maximum absolute atomic E-state index is 3.48. The number of likely N-dealkylation sites (tertiary alicyclic amines) is 1. The first-order valence-corrected chi connectivity index (χ1v) is 7.38. The molecule has 2 atom stereocenters. The molecule has 0 aromatic heterocycles. The van der Waals surface area contributed by atoms with Crippen LogP contribution in [-0.4, -0.2) is 62.7 Å². The number of hydrogen-bond acceptors (Lipinski definition) is 3. The van der Waals surface area contributed by atoms with Gasteiger partial charge in [0.2, 0.25) is 0 Å². The van der Waals surface area contributed by atoms with E-state index in [0.29, 0.717) is 0 Å². The molecule has 1 N–H and O–H groups in total. The number of hydrogen-bond donors (Lipinski definition) is 1. The molecule has 1 aliphatic heterocycles. The molecule has 17 heavy (non-hydrogen) atoms. The average molecular weight is 239 g/mol. The van der Waals surface area contributed by atoms with Crippen LogP contribution >= 0.6 is 0 Å². The fourth-order valence-electron chi connectivity index (χ4n) is 3.45. The van der Waals surface area contributed by atoms with Gasteiger partial charge in [-0.3, -0.25) is 0 Å². The van der Waals surface area contributed by atoms with E-state index in [2.05, 4.69) is 29.2 Å². The van der Waals surface area contributed by atoms with Crippen LogP contribution < -0.4 is 5.32 Å². The lowest BCUT2D eigenvalue weighted by Crippen LogP contribution is -2.39. The summed E-state index contributed by atoms with van der Waals surface area (Å²) in [4.78, 5) is 5.15. The lowest BCUT2D eigenvalue weighted by molar-refractivity contribution is 0.219. The molecule has 2 unspecified atom stereocenters. The molecule has 1 heterocycles. The van der Waals surface area contributed by atoms with E-state index < -0.39 is 0 Å². The SMILES string of the molecule is CNC1CCCC1CN(C)CCN1CCCC1. The third kappa shape index (κ3) is 3.94. The van der Waals surface area contributed by atoms with Crippen LogP contribution in [0.5, 0.6) is 0 Å². The second kappa shape index (κ2) is 6.72. The topological polar surface area (TPSA) is 18.5 Å². The molecule has 0 radical (unpaired) electrons. The molecule has 0 aromatic rings. The highest BCUT2D eigenvalue weighted by molar-refractivity contribution is 4.84. The highest BCUT2D eigenvalue weighted by Crippen LogP contribution is 2.25. The van der Waals surface area contributed by atoms with E-state index in [1.54, 1.807) is 0 Å². The van der Waals surface area contributed by atoms with Gasteiger partial charge in [-0.2, -0.15) is 0 Å². The maximum atomic E-state index is 3.48. The normalized spacial score (nSPS) is 30.5. The van der Waals surface area contributed by atoms with Crippen LogP contribution in [0.15, 0.2) is 0 Å². The van der Waals surface area contributed by atoms with E-state index in [1.807, 2.05) is 0 Å². The zero-order chi connectivity index (χ0) is 12.1. The van der Waals surface area contributed by atoms with Crippen LogP contribution in [0.2, 0.25) is 0 Å². The summed E-state index contributed by atoms with van der Waals surface area (Å²) in [5, 5.41) is 3.48. The summed E-state index contributed by atoms with van der Waals surface area (Å²) in [5.41, 5.74) is 0. The Morgan fingerprint density at radius 1 is 1.18 bits per heavy atom. The van der Waals surface area contributed by atoms with Crippen LogP contribution in [0.3, 0.4) is 0 Å². The van der Waals surface area contributed by atoms with Crippen molar-refractivity contribution in [3.63, 3.8) is 0 Å². The van der Waals surface area contributed by atoms with Crippen LogP contribution in [0.1, 0.15) is 32.1 Å². The van der Waals surface area contributed by atoms with E-state index in [1.165, 1.54) is 64.8 Å². The Hall–Kier alpha value is -0.120. The Kier molecular flexibility index (Phi) is 5.26. The first-order valence-electron chi connectivity index (χ1n) is 7.38. The van der Waals surface area contributed by atoms with Gasteiger partial charge < -0.3 is 15.1 Å². The molecule has 1 saturated carbocycles. The lowest BCUT2D eigenvalue weighted by atomic mass is 10.0. The number of rotatable bonds is 6. The first-order chi connectivity index (χ1) is 8.29. The monoisotopic (exact) mass is 239 g/mol. The molecule has 1 aliphatic carbocycles. The van der Waals surface area contributed by atoms with Crippen LogP contribution in [0.25, 0.3) is 0 Å². The molecule has 0 bridgehead atoms. The van der Waals surface area contributed by atoms with Crippen molar-refractivity contribution < 1.29 is 0 Å². The first kappa shape index (κ1) is 13.3. The minimum absolute atomic E-state index is 0.768. The zero-order valence-electron chi connectivity index (χ0n) is 11.6. The molecular formula is C14H29N3. The van der Waals surface area contributed by atoms with Crippen molar-refractivity contribution in [3.05, 3.63) is 0 Å².